The highest BCUT2D eigenvalue weighted by atomic mass is 32.2. The first-order valence-corrected chi connectivity index (χ1v) is 18.7. The van der Waals surface area contributed by atoms with Gasteiger partial charge in [0.15, 0.2) is 0 Å². The molecule has 2 heterocycles. The average Bonchev–Trinajstić information content (AvgIpc) is 3.06. The Hall–Kier alpha value is -3.93. The van der Waals surface area contributed by atoms with Crippen molar-refractivity contribution in [1.29, 1.82) is 0 Å². The summed E-state index contributed by atoms with van der Waals surface area (Å²) in [5.74, 6) is 0. The molecule has 1 atom stereocenters. The summed E-state index contributed by atoms with van der Waals surface area (Å²) in [5.41, 5.74) is 4.17. The summed E-state index contributed by atoms with van der Waals surface area (Å²) < 4.78 is 59.3. The van der Waals surface area contributed by atoms with Crippen molar-refractivity contribution < 1.29 is 16.8 Å². The van der Waals surface area contributed by atoms with E-state index in [9.17, 15) is 16.8 Å². The highest BCUT2D eigenvalue weighted by Gasteiger charge is 2.31. The first-order valence-electron chi connectivity index (χ1n) is 15.8. The SMILES string of the molecule is Cc1ccc(S(=O)(=O)N2CCN([C@@H](C)c3cccc4ccccc34)CCN(S(=O)(=O)c3ccc(C)cc3)Cc3cccc(n3)C2)cc1. The molecule has 0 unspecified atom stereocenters. The van der Waals surface area contributed by atoms with Crippen LogP contribution in [0.2, 0.25) is 0 Å². The van der Waals surface area contributed by atoms with Gasteiger partial charge in [0.1, 0.15) is 0 Å². The first kappa shape index (κ1) is 33.0. The Labute approximate surface area is 278 Å². The standard InChI is InChI=1S/C37H40N4O4S2/c1-28-14-18-34(19-15-28)46(42,43)40-24-22-39(30(3)36-13-6-9-31-8-4-5-12-37(31)36)23-25-41(27-33-11-7-10-32(26-40)38-33)47(44,45)35-20-16-29(2)17-21-35/h4-21,30H,22-27H2,1-3H3/t30-/m0/s1. The second-order valence-corrected chi connectivity index (χ2v) is 16.1. The van der Waals surface area contributed by atoms with Gasteiger partial charge in [-0.25, -0.2) is 16.8 Å². The Kier molecular flexibility index (Phi) is 9.59. The summed E-state index contributed by atoms with van der Waals surface area (Å²) in [4.78, 5) is 7.42. The Morgan fingerprint density at radius 2 is 1.04 bits per heavy atom. The minimum absolute atomic E-state index is 0.0608. The topological polar surface area (TPSA) is 90.9 Å². The summed E-state index contributed by atoms with van der Waals surface area (Å²) in [5, 5.41) is 2.23. The van der Waals surface area contributed by atoms with Gasteiger partial charge in [-0.05, 0) is 73.5 Å². The zero-order valence-corrected chi connectivity index (χ0v) is 28.6. The molecular formula is C37H40N4O4S2. The van der Waals surface area contributed by atoms with E-state index in [1.807, 2.05) is 38.1 Å². The van der Waals surface area contributed by atoms with E-state index in [0.29, 0.717) is 24.5 Å². The van der Waals surface area contributed by atoms with Gasteiger partial charge >= 0.3 is 0 Å². The van der Waals surface area contributed by atoms with Crippen LogP contribution in [-0.4, -0.2) is 61.5 Å². The second-order valence-electron chi connectivity index (χ2n) is 12.2. The van der Waals surface area contributed by atoms with E-state index in [1.165, 1.54) is 8.61 Å². The minimum Gasteiger partial charge on any atom is -0.294 e. The third-order valence-corrected chi connectivity index (χ3v) is 12.7. The molecule has 0 amide bonds. The summed E-state index contributed by atoms with van der Waals surface area (Å²) in [7, 11) is -7.72. The van der Waals surface area contributed by atoms with E-state index in [4.69, 9.17) is 4.98 Å². The van der Waals surface area contributed by atoms with Crippen LogP contribution in [0.3, 0.4) is 0 Å². The van der Waals surface area contributed by atoms with Gasteiger partial charge in [-0.2, -0.15) is 8.61 Å². The van der Waals surface area contributed by atoms with Crippen LogP contribution in [0.4, 0.5) is 0 Å². The highest BCUT2D eigenvalue weighted by Crippen LogP contribution is 2.30. The molecule has 1 aliphatic rings. The molecule has 10 heteroatoms. The second kappa shape index (κ2) is 13.7. The lowest BCUT2D eigenvalue weighted by atomic mass is 9.98. The molecule has 0 saturated carbocycles. The molecule has 6 rings (SSSR count). The van der Waals surface area contributed by atoms with Crippen LogP contribution in [0.15, 0.2) is 119 Å². The van der Waals surface area contributed by atoms with Crippen molar-refractivity contribution in [2.24, 2.45) is 0 Å². The third kappa shape index (κ3) is 7.17. The van der Waals surface area contributed by atoms with Crippen molar-refractivity contribution in [3.63, 3.8) is 0 Å². The van der Waals surface area contributed by atoms with E-state index in [-0.39, 0.29) is 42.0 Å². The van der Waals surface area contributed by atoms with E-state index < -0.39 is 20.0 Å². The fraction of sp³-hybridized carbons (Fsp3) is 0.270. The summed E-state index contributed by atoms with van der Waals surface area (Å²) in [6.07, 6.45) is 0. The van der Waals surface area contributed by atoms with Crippen molar-refractivity contribution in [2.75, 3.05) is 26.2 Å². The maximum absolute atomic E-state index is 14.1. The Balaban J connectivity index is 1.42. The van der Waals surface area contributed by atoms with Gasteiger partial charge < -0.3 is 0 Å². The number of pyridine rings is 1. The molecule has 2 bridgehead atoms. The number of hydrogen-bond acceptors (Lipinski definition) is 6. The predicted octanol–water partition coefficient (Wildman–Crippen LogP) is 6.31. The van der Waals surface area contributed by atoms with Gasteiger partial charge in [-0.3, -0.25) is 9.88 Å². The quantitative estimate of drug-likeness (QED) is 0.211. The van der Waals surface area contributed by atoms with Crippen molar-refractivity contribution in [3.05, 3.63) is 137 Å². The number of fused-ring (bicyclic) bond motifs is 3. The predicted molar refractivity (Wildman–Crippen MR) is 186 cm³/mol. The normalized spacial score (nSPS) is 16.7. The lowest BCUT2D eigenvalue weighted by Crippen LogP contribution is -2.44. The number of hydrogen-bond donors (Lipinski definition) is 0. The molecular weight excluding hydrogens is 629 g/mol. The number of rotatable bonds is 6. The molecule has 0 spiro atoms. The molecule has 0 N–H and O–H groups in total. The smallest absolute Gasteiger partial charge is 0.243 e. The minimum atomic E-state index is -3.86. The fourth-order valence-corrected chi connectivity index (χ4v) is 8.95. The first-order chi connectivity index (χ1) is 22.5. The molecule has 1 aliphatic heterocycles. The van der Waals surface area contributed by atoms with Gasteiger partial charge in [0.2, 0.25) is 20.0 Å². The van der Waals surface area contributed by atoms with Crippen molar-refractivity contribution in [1.82, 2.24) is 18.5 Å². The molecule has 47 heavy (non-hydrogen) atoms. The van der Waals surface area contributed by atoms with Gasteiger partial charge in [0, 0.05) is 32.2 Å². The Bertz CT molecular complexity index is 1970. The van der Waals surface area contributed by atoms with Crippen LogP contribution >= 0.6 is 0 Å². The van der Waals surface area contributed by atoms with Crippen molar-refractivity contribution in [3.8, 4) is 0 Å². The molecule has 244 valence electrons. The van der Waals surface area contributed by atoms with E-state index in [0.717, 1.165) is 27.5 Å². The van der Waals surface area contributed by atoms with Crippen LogP contribution in [0.5, 0.6) is 0 Å². The Morgan fingerprint density at radius 3 is 1.57 bits per heavy atom. The van der Waals surface area contributed by atoms with Gasteiger partial charge in [-0.15, -0.1) is 0 Å². The van der Waals surface area contributed by atoms with Crippen LogP contribution in [0.1, 0.15) is 41.0 Å². The molecule has 4 aromatic carbocycles. The van der Waals surface area contributed by atoms with Crippen LogP contribution in [0.25, 0.3) is 10.8 Å². The third-order valence-electron chi connectivity index (χ3n) is 8.95. The molecule has 0 aliphatic carbocycles. The van der Waals surface area contributed by atoms with Gasteiger partial charge in [0.05, 0.1) is 34.3 Å². The van der Waals surface area contributed by atoms with Crippen molar-refractivity contribution >= 4 is 30.8 Å². The molecule has 1 aromatic heterocycles. The monoisotopic (exact) mass is 668 g/mol. The number of sulfonamides is 2. The molecule has 0 saturated heterocycles. The Morgan fingerprint density at radius 1 is 0.574 bits per heavy atom. The molecule has 8 nitrogen and oxygen atoms in total. The maximum atomic E-state index is 14.1. The van der Waals surface area contributed by atoms with Crippen LogP contribution in [0, 0.1) is 13.8 Å². The molecule has 0 fully saturated rings. The van der Waals surface area contributed by atoms with Crippen LogP contribution < -0.4 is 0 Å². The highest BCUT2D eigenvalue weighted by molar-refractivity contribution is 7.89. The lowest BCUT2D eigenvalue weighted by Gasteiger charge is -2.34. The lowest BCUT2D eigenvalue weighted by molar-refractivity contribution is 0.180. The van der Waals surface area contributed by atoms with Crippen molar-refractivity contribution in [2.45, 2.75) is 49.7 Å². The average molecular weight is 669 g/mol. The molecule has 5 aromatic rings. The summed E-state index contributed by atoms with van der Waals surface area (Å²) in [6, 6.07) is 33.5. The van der Waals surface area contributed by atoms with Gasteiger partial charge in [-0.1, -0.05) is 83.9 Å². The van der Waals surface area contributed by atoms with E-state index >= 15 is 0 Å². The number of aryl methyl sites for hydroxylation is 2. The van der Waals surface area contributed by atoms with E-state index in [2.05, 4.69) is 36.1 Å². The zero-order chi connectivity index (χ0) is 33.2. The number of aromatic nitrogens is 1. The zero-order valence-electron chi connectivity index (χ0n) is 27.0. The fourth-order valence-electron chi connectivity index (χ4n) is 6.14. The van der Waals surface area contributed by atoms with Crippen LogP contribution in [-0.2, 0) is 33.1 Å². The summed E-state index contributed by atoms with van der Waals surface area (Å²) >= 11 is 0. The summed E-state index contributed by atoms with van der Waals surface area (Å²) in [6.45, 7) is 7.24. The maximum Gasteiger partial charge on any atom is 0.243 e. The van der Waals surface area contributed by atoms with E-state index in [1.54, 1.807) is 60.7 Å². The largest absolute Gasteiger partial charge is 0.294 e. The van der Waals surface area contributed by atoms with Gasteiger partial charge in [0.25, 0.3) is 0 Å². The number of benzene rings is 4. The molecule has 0 radical (unpaired) electrons. The number of nitrogens with zero attached hydrogens (tertiary/aromatic N) is 4.